The number of allylic oxidation sites excluding steroid dienone is 2. The molecule has 2 aliphatic rings. The number of hydrogen-bond acceptors (Lipinski definition) is 3. The summed E-state index contributed by atoms with van der Waals surface area (Å²) in [5, 5.41) is 1.29. The molecule has 2 unspecified atom stereocenters. The Hall–Kier alpha value is -3.67. The molecule has 1 fully saturated rings. The lowest BCUT2D eigenvalue weighted by atomic mass is 9.80. The van der Waals surface area contributed by atoms with Crippen molar-refractivity contribution in [2.45, 2.75) is 19.4 Å². The molecule has 6 nitrogen and oxygen atoms in total. The first-order valence-electron chi connectivity index (χ1n) is 10.4. The van der Waals surface area contributed by atoms with Gasteiger partial charge in [-0.25, -0.2) is 5.01 Å². The molecule has 0 radical (unpaired) electrons. The number of carbonyl (C=O) groups is 3. The number of fused-ring (bicyclic) bond motifs is 1. The van der Waals surface area contributed by atoms with E-state index in [2.05, 4.69) is 12.0 Å². The molecule has 3 amide bonds. The van der Waals surface area contributed by atoms with Crippen LogP contribution < -0.4 is 10.4 Å². The second-order valence-electron chi connectivity index (χ2n) is 7.82. The third-order valence-corrected chi connectivity index (χ3v) is 5.73. The van der Waals surface area contributed by atoms with Crippen LogP contribution in [0.3, 0.4) is 0 Å². The Bertz CT molecular complexity index is 1030. The van der Waals surface area contributed by atoms with Crippen molar-refractivity contribution in [3.8, 4) is 0 Å². The van der Waals surface area contributed by atoms with Gasteiger partial charge in [-0.05, 0) is 36.6 Å². The predicted octanol–water partition coefficient (Wildman–Crippen LogP) is 3.48. The summed E-state index contributed by atoms with van der Waals surface area (Å²) < 4.78 is 0. The average molecular weight is 415 g/mol. The Morgan fingerprint density at radius 3 is 2.55 bits per heavy atom. The summed E-state index contributed by atoms with van der Waals surface area (Å²) in [5.74, 6) is -1.17. The summed E-state index contributed by atoms with van der Waals surface area (Å²) in [6.07, 6.45) is 6.72. The number of hydrazine groups is 1. The van der Waals surface area contributed by atoms with E-state index in [4.69, 9.17) is 0 Å². The molecule has 6 heteroatoms. The van der Waals surface area contributed by atoms with E-state index in [1.165, 1.54) is 5.01 Å². The molecule has 1 aliphatic carbocycles. The van der Waals surface area contributed by atoms with E-state index >= 15 is 0 Å². The minimum absolute atomic E-state index is 0.147. The summed E-state index contributed by atoms with van der Waals surface area (Å²) in [7, 11) is 0. The molecule has 2 atom stereocenters. The van der Waals surface area contributed by atoms with Gasteiger partial charge in [0.25, 0.3) is 5.91 Å². The normalized spacial score (nSPS) is 20.1. The Balaban J connectivity index is 1.57. The number of carbonyl (C=O) groups excluding carboxylic acids is 3. The highest BCUT2D eigenvalue weighted by molar-refractivity contribution is 6.05. The predicted molar refractivity (Wildman–Crippen MR) is 119 cm³/mol. The second kappa shape index (κ2) is 9.00. The summed E-state index contributed by atoms with van der Waals surface area (Å²) in [4.78, 5) is 40.5. The maximum Gasteiger partial charge on any atom is 0.254 e. The van der Waals surface area contributed by atoms with Gasteiger partial charge in [0.1, 0.15) is 0 Å². The van der Waals surface area contributed by atoms with Crippen LogP contribution >= 0.6 is 0 Å². The summed E-state index contributed by atoms with van der Waals surface area (Å²) >= 11 is 0. The van der Waals surface area contributed by atoms with Crippen molar-refractivity contribution in [2.24, 2.45) is 11.8 Å². The topological polar surface area (TPSA) is 69.7 Å². The van der Waals surface area contributed by atoms with Gasteiger partial charge < -0.3 is 4.90 Å². The molecule has 31 heavy (non-hydrogen) atoms. The van der Waals surface area contributed by atoms with Crippen molar-refractivity contribution in [1.82, 2.24) is 10.3 Å². The van der Waals surface area contributed by atoms with Crippen molar-refractivity contribution in [2.75, 3.05) is 11.6 Å². The van der Waals surface area contributed by atoms with Crippen LogP contribution in [-0.4, -0.2) is 29.2 Å². The van der Waals surface area contributed by atoms with Gasteiger partial charge in [-0.3, -0.25) is 19.8 Å². The first-order valence-corrected chi connectivity index (χ1v) is 10.4. The van der Waals surface area contributed by atoms with Crippen molar-refractivity contribution in [1.29, 1.82) is 0 Å². The number of amides is 3. The average Bonchev–Trinajstić information content (AvgIpc) is 2.81. The third kappa shape index (κ3) is 4.28. The Labute approximate surface area is 181 Å². The molecule has 158 valence electrons. The zero-order valence-corrected chi connectivity index (χ0v) is 17.2. The molecule has 0 spiro atoms. The minimum Gasteiger partial charge on any atom is -0.331 e. The fourth-order valence-electron chi connectivity index (χ4n) is 4.12. The molecule has 0 saturated carbocycles. The zero-order chi connectivity index (χ0) is 21.8. The highest BCUT2D eigenvalue weighted by atomic mass is 16.2. The van der Waals surface area contributed by atoms with Gasteiger partial charge >= 0.3 is 0 Å². The van der Waals surface area contributed by atoms with Crippen molar-refractivity contribution < 1.29 is 14.4 Å². The smallest absolute Gasteiger partial charge is 0.254 e. The number of rotatable bonds is 6. The molecule has 4 rings (SSSR count). The van der Waals surface area contributed by atoms with Crippen LogP contribution in [0.15, 0.2) is 79.4 Å². The van der Waals surface area contributed by atoms with Gasteiger partial charge in [-0.1, -0.05) is 54.6 Å². The van der Waals surface area contributed by atoms with Crippen LogP contribution in [0.2, 0.25) is 0 Å². The highest BCUT2D eigenvalue weighted by Gasteiger charge is 2.42. The maximum absolute atomic E-state index is 13.2. The fraction of sp³-hybridized carbons (Fsp3) is 0.240. The lowest BCUT2D eigenvalue weighted by molar-refractivity contribution is -0.139. The molecule has 0 aromatic heterocycles. The van der Waals surface area contributed by atoms with E-state index < -0.39 is 0 Å². The molecule has 1 N–H and O–H groups in total. The molecule has 1 saturated heterocycles. The number of anilines is 1. The lowest BCUT2D eigenvalue weighted by Gasteiger charge is -2.38. The van der Waals surface area contributed by atoms with Crippen molar-refractivity contribution in [3.05, 3.63) is 90.5 Å². The first-order chi connectivity index (χ1) is 15.1. The first kappa shape index (κ1) is 20.6. The van der Waals surface area contributed by atoms with Crippen LogP contribution in [0.25, 0.3) is 0 Å². The Kier molecular flexibility index (Phi) is 5.98. The van der Waals surface area contributed by atoms with E-state index in [1.54, 1.807) is 35.2 Å². The van der Waals surface area contributed by atoms with E-state index in [1.807, 2.05) is 42.5 Å². The van der Waals surface area contributed by atoms with E-state index in [9.17, 15) is 14.4 Å². The molecular formula is C25H25N3O3. The molecular weight excluding hydrogens is 390 g/mol. The standard InChI is InChI=1S/C25H25N3O3/c1-2-15-27(17-18-9-4-3-5-10-18)24(30)19-11-8-12-20(16-19)28-25(31)22-14-7-6-13-21(22)23(29)26-28/h2-12,16,21-22H,1,13-15,17H2,(H,26,29). The van der Waals surface area contributed by atoms with E-state index in [0.29, 0.717) is 37.2 Å². The monoisotopic (exact) mass is 415 g/mol. The van der Waals surface area contributed by atoms with Crippen LogP contribution in [0.5, 0.6) is 0 Å². The molecule has 2 aromatic carbocycles. The highest BCUT2D eigenvalue weighted by Crippen LogP contribution is 2.32. The van der Waals surface area contributed by atoms with Crippen molar-refractivity contribution >= 4 is 23.4 Å². The molecule has 2 aromatic rings. The maximum atomic E-state index is 13.2. The Morgan fingerprint density at radius 1 is 1.06 bits per heavy atom. The summed E-state index contributed by atoms with van der Waals surface area (Å²) in [6.45, 7) is 4.61. The van der Waals surface area contributed by atoms with Gasteiger partial charge in [0.05, 0.1) is 17.5 Å². The molecule has 1 aliphatic heterocycles. The Morgan fingerprint density at radius 2 is 1.81 bits per heavy atom. The second-order valence-corrected chi connectivity index (χ2v) is 7.82. The number of hydrogen-bond donors (Lipinski definition) is 1. The molecule has 1 heterocycles. The number of nitrogens with zero attached hydrogens (tertiary/aromatic N) is 2. The van der Waals surface area contributed by atoms with Crippen LogP contribution in [-0.2, 0) is 16.1 Å². The largest absolute Gasteiger partial charge is 0.331 e. The molecule has 0 bridgehead atoms. The SMILES string of the molecule is C=CCN(Cc1ccccc1)C(=O)c1cccc(N2NC(=O)C3CC=CCC3C2=O)c1. The quantitative estimate of drug-likeness (QED) is 0.735. The van der Waals surface area contributed by atoms with Gasteiger partial charge in [0.15, 0.2) is 0 Å². The van der Waals surface area contributed by atoms with Crippen LogP contribution in [0, 0.1) is 11.8 Å². The van der Waals surface area contributed by atoms with E-state index in [-0.39, 0.29) is 29.6 Å². The number of benzene rings is 2. The summed E-state index contributed by atoms with van der Waals surface area (Å²) in [5.41, 5.74) is 4.66. The number of nitrogens with one attached hydrogen (secondary N) is 1. The van der Waals surface area contributed by atoms with Gasteiger partial charge in [-0.15, -0.1) is 6.58 Å². The van der Waals surface area contributed by atoms with Crippen LogP contribution in [0.1, 0.15) is 28.8 Å². The fourth-order valence-corrected chi connectivity index (χ4v) is 4.12. The third-order valence-electron chi connectivity index (χ3n) is 5.73. The minimum atomic E-state index is -0.367. The van der Waals surface area contributed by atoms with Crippen molar-refractivity contribution in [3.63, 3.8) is 0 Å². The summed E-state index contributed by atoms with van der Waals surface area (Å²) in [6, 6.07) is 16.6. The van der Waals surface area contributed by atoms with Crippen LogP contribution in [0.4, 0.5) is 5.69 Å². The van der Waals surface area contributed by atoms with Gasteiger partial charge in [0.2, 0.25) is 11.8 Å². The van der Waals surface area contributed by atoms with E-state index in [0.717, 1.165) is 5.56 Å². The van der Waals surface area contributed by atoms with Gasteiger partial charge in [-0.2, -0.15) is 0 Å². The zero-order valence-electron chi connectivity index (χ0n) is 17.2. The lowest BCUT2D eigenvalue weighted by Crippen LogP contribution is -2.59. The van der Waals surface area contributed by atoms with Gasteiger partial charge in [0, 0.05) is 18.7 Å².